The standard InChI is InChI=1S/C13H9I2NO5S/c1-16-12(19)9(22-13(16)20)4-6-2-7(14)11(8(15)3-6)21-5-10(17)18/h2-4H,5H2,1H3,(H,17,18)/b9-4+. The number of amides is 2. The molecule has 0 atom stereocenters. The lowest BCUT2D eigenvalue weighted by atomic mass is 10.2. The fourth-order valence-corrected chi connectivity index (χ4v) is 4.59. The minimum absolute atomic E-state index is 0.304. The van der Waals surface area contributed by atoms with E-state index in [0.717, 1.165) is 29.4 Å². The van der Waals surface area contributed by atoms with Gasteiger partial charge in [0, 0.05) is 7.05 Å². The van der Waals surface area contributed by atoms with Gasteiger partial charge in [0.05, 0.1) is 12.0 Å². The first-order valence-corrected chi connectivity index (χ1v) is 8.82. The van der Waals surface area contributed by atoms with Gasteiger partial charge in [0.1, 0.15) is 5.75 Å². The number of carboxylic acids is 1. The number of hydrogen-bond donors (Lipinski definition) is 1. The van der Waals surface area contributed by atoms with Crippen LogP contribution in [0.4, 0.5) is 4.79 Å². The molecule has 0 aromatic heterocycles. The Morgan fingerprint density at radius 3 is 2.41 bits per heavy atom. The highest BCUT2D eigenvalue weighted by molar-refractivity contribution is 14.1. The Labute approximate surface area is 157 Å². The molecule has 0 radical (unpaired) electrons. The molecule has 0 unspecified atom stereocenters. The van der Waals surface area contributed by atoms with Crippen LogP contribution in [0.3, 0.4) is 0 Å². The maximum absolute atomic E-state index is 11.9. The smallest absolute Gasteiger partial charge is 0.341 e. The summed E-state index contributed by atoms with van der Waals surface area (Å²) in [5.74, 6) is -0.886. The number of imide groups is 1. The second-order valence-corrected chi connectivity index (χ2v) is 7.55. The van der Waals surface area contributed by atoms with Gasteiger partial charge in [0.25, 0.3) is 11.1 Å². The van der Waals surface area contributed by atoms with Gasteiger partial charge < -0.3 is 9.84 Å². The van der Waals surface area contributed by atoms with E-state index in [-0.39, 0.29) is 11.1 Å². The highest BCUT2D eigenvalue weighted by Crippen LogP contribution is 2.34. The van der Waals surface area contributed by atoms with Crippen LogP contribution in [0.1, 0.15) is 5.56 Å². The summed E-state index contributed by atoms with van der Waals surface area (Å²) in [7, 11) is 1.44. The third kappa shape index (κ3) is 3.93. The van der Waals surface area contributed by atoms with E-state index in [0.29, 0.717) is 10.7 Å². The maximum atomic E-state index is 11.9. The van der Waals surface area contributed by atoms with Crippen LogP contribution in [0, 0.1) is 7.14 Å². The summed E-state index contributed by atoms with van der Waals surface area (Å²) in [6.07, 6.45) is 1.64. The SMILES string of the molecule is CN1C(=O)S/C(=C/c2cc(I)c(OCC(=O)O)c(I)c2)C1=O. The number of ether oxygens (including phenoxy) is 1. The van der Waals surface area contributed by atoms with Crippen LogP contribution in [0.25, 0.3) is 6.08 Å². The van der Waals surface area contributed by atoms with E-state index in [4.69, 9.17) is 9.84 Å². The van der Waals surface area contributed by atoms with E-state index in [1.807, 2.05) is 45.2 Å². The van der Waals surface area contributed by atoms with Crippen LogP contribution in [-0.2, 0) is 9.59 Å². The molecule has 0 spiro atoms. The van der Waals surface area contributed by atoms with Crippen LogP contribution in [-0.4, -0.2) is 40.8 Å². The first-order chi connectivity index (χ1) is 10.3. The average molecular weight is 545 g/mol. The van der Waals surface area contributed by atoms with Crippen molar-refractivity contribution in [2.45, 2.75) is 0 Å². The zero-order valence-electron chi connectivity index (χ0n) is 11.1. The third-order valence-corrected chi connectivity index (χ3v) is 5.21. The first-order valence-electron chi connectivity index (χ1n) is 5.85. The summed E-state index contributed by atoms with van der Waals surface area (Å²) in [6.45, 7) is -0.417. The minimum Gasteiger partial charge on any atom is -0.480 e. The minimum atomic E-state index is -1.05. The predicted molar refractivity (Wildman–Crippen MR) is 98.7 cm³/mol. The summed E-state index contributed by atoms with van der Waals surface area (Å²) in [6, 6.07) is 3.53. The van der Waals surface area contributed by atoms with Crippen molar-refractivity contribution in [3.63, 3.8) is 0 Å². The van der Waals surface area contributed by atoms with Gasteiger partial charge in [0.2, 0.25) is 0 Å². The number of rotatable bonds is 4. The van der Waals surface area contributed by atoms with Crippen LogP contribution >= 0.6 is 56.9 Å². The van der Waals surface area contributed by atoms with Crippen molar-refractivity contribution in [1.29, 1.82) is 0 Å². The monoisotopic (exact) mass is 545 g/mol. The highest BCUT2D eigenvalue weighted by atomic mass is 127. The summed E-state index contributed by atoms with van der Waals surface area (Å²) >= 11 is 4.97. The number of carboxylic acid groups (broad SMARTS) is 1. The zero-order valence-corrected chi connectivity index (χ0v) is 16.3. The van der Waals surface area contributed by atoms with Crippen LogP contribution in [0.2, 0.25) is 0 Å². The fourth-order valence-electron chi connectivity index (χ4n) is 1.63. The molecular weight excluding hydrogens is 536 g/mol. The van der Waals surface area contributed by atoms with E-state index >= 15 is 0 Å². The molecule has 1 aliphatic heterocycles. The van der Waals surface area contributed by atoms with E-state index < -0.39 is 12.6 Å². The lowest BCUT2D eigenvalue weighted by molar-refractivity contribution is -0.139. The van der Waals surface area contributed by atoms with Crippen molar-refractivity contribution >= 4 is 80.1 Å². The third-order valence-electron chi connectivity index (χ3n) is 2.64. The lowest BCUT2D eigenvalue weighted by Gasteiger charge is -2.09. The number of carbonyl (C=O) groups is 3. The second-order valence-electron chi connectivity index (χ2n) is 4.24. The summed E-state index contributed by atoms with van der Waals surface area (Å²) in [4.78, 5) is 35.3. The van der Waals surface area contributed by atoms with Crippen LogP contribution in [0.15, 0.2) is 17.0 Å². The molecule has 2 amide bonds. The second kappa shape index (κ2) is 7.17. The molecule has 116 valence electrons. The zero-order chi connectivity index (χ0) is 16.4. The van der Waals surface area contributed by atoms with E-state index in [9.17, 15) is 14.4 Å². The number of nitrogens with zero attached hydrogens (tertiary/aromatic N) is 1. The van der Waals surface area contributed by atoms with Crippen molar-refractivity contribution in [2.24, 2.45) is 0 Å². The van der Waals surface area contributed by atoms with Crippen molar-refractivity contribution in [3.05, 3.63) is 29.7 Å². The molecule has 2 rings (SSSR count). The summed E-state index contributed by atoms with van der Waals surface area (Å²) in [5, 5.41) is 8.36. The van der Waals surface area contributed by atoms with Gasteiger partial charge in [0.15, 0.2) is 6.61 Å². The lowest BCUT2D eigenvalue weighted by Crippen LogP contribution is -2.22. The topological polar surface area (TPSA) is 83.9 Å². The van der Waals surface area contributed by atoms with Crippen molar-refractivity contribution < 1.29 is 24.2 Å². The Kier molecular flexibility index (Phi) is 5.71. The van der Waals surface area contributed by atoms with Gasteiger partial charge in [-0.2, -0.15) is 0 Å². The van der Waals surface area contributed by atoms with E-state index in [2.05, 4.69) is 0 Å². The Morgan fingerprint density at radius 2 is 1.95 bits per heavy atom. The van der Waals surface area contributed by atoms with E-state index in [1.165, 1.54) is 7.05 Å². The van der Waals surface area contributed by atoms with Gasteiger partial charge in [-0.15, -0.1) is 0 Å². The Bertz CT molecular complexity index is 681. The number of benzene rings is 1. The van der Waals surface area contributed by atoms with Crippen LogP contribution in [0.5, 0.6) is 5.75 Å². The maximum Gasteiger partial charge on any atom is 0.341 e. The number of hydrogen-bond acceptors (Lipinski definition) is 5. The highest BCUT2D eigenvalue weighted by Gasteiger charge is 2.31. The van der Waals surface area contributed by atoms with Crippen molar-refractivity contribution in [2.75, 3.05) is 13.7 Å². The number of aliphatic carboxylic acids is 1. The summed E-state index contributed by atoms with van der Waals surface area (Å²) in [5.41, 5.74) is 0.746. The number of thioether (sulfide) groups is 1. The molecular formula is C13H9I2NO5S. The summed E-state index contributed by atoms with van der Waals surface area (Å²) < 4.78 is 6.70. The molecule has 0 aliphatic carbocycles. The van der Waals surface area contributed by atoms with Gasteiger partial charge in [-0.05, 0) is 80.7 Å². The van der Waals surface area contributed by atoms with E-state index in [1.54, 1.807) is 18.2 Å². The Morgan fingerprint density at radius 1 is 1.36 bits per heavy atom. The van der Waals surface area contributed by atoms with Crippen LogP contribution < -0.4 is 4.74 Å². The Balaban J connectivity index is 2.29. The molecule has 0 bridgehead atoms. The predicted octanol–water partition coefficient (Wildman–Crippen LogP) is 3.03. The molecule has 1 saturated heterocycles. The number of carbonyl (C=O) groups excluding carboxylic acids is 2. The first kappa shape index (κ1) is 17.5. The van der Waals surface area contributed by atoms with Gasteiger partial charge in [-0.3, -0.25) is 14.5 Å². The molecule has 1 aromatic carbocycles. The van der Waals surface area contributed by atoms with Crippen molar-refractivity contribution in [3.8, 4) is 5.75 Å². The molecule has 1 fully saturated rings. The Hall–Kier alpha value is -0.820. The fraction of sp³-hybridized carbons (Fsp3) is 0.154. The molecule has 6 nitrogen and oxygen atoms in total. The quantitative estimate of drug-likeness (QED) is 0.463. The molecule has 1 N–H and O–H groups in total. The largest absolute Gasteiger partial charge is 0.480 e. The van der Waals surface area contributed by atoms with Gasteiger partial charge >= 0.3 is 5.97 Å². The van der Waals surface area contributed by atoms with Crippen molar-refractivity contribution in [1.82, 2.24) is 4.90 Å². The number of likely N-dealkylation sites (N-methyl/N-ethyl adjacent to an activating group) is 1. The van der Waals surface area contributed by atoms with Gasteiger partial charge in [-0.25, -0.2) is 4.79 Å². The molecule has 9 heteroatoms. The normalized spacial score (nSPS) is 16.5. The molecule has 1 heterocycles. The molecule has 1 aliphatic rings. The molecule has 22 heavy (non-hydrogen) atoms. The molecule has 0 saturated carbocycles. The number of halogens is 2. The van der Waals surface area contributed by atoms with Gasteiger partial charge in [-0.1, -0.05) is 0 Å². The average Bonchev–Trinajstić information content (AvgIpc) is 2.65. The molecule has 1 aromatic rings.